The Hall–Kier alpha value is -1.88. The van der Waals surface area contributed by atoms with Gasteiger partial charge in [-0.25, -0.2) is 4.79 Å². The van der Waals surface area contributed by atoms with Crippen LogP contribution in [0.1, 0.15) is 28.8 Å². The van der Waals surface area contributed by atoms with E-state index in [0.717, 1.165) is 24.2 Å². The molecule has 1 aromatic rings. The van der Waals surface area contributed by atoms with E-state index in [4.69, 9.17) is 0 Å². The number of carbonyl (C=O) groups excluding carboxylic acids is 2. The third-order valence-corrected chi connectivity index (χ3v) is 2.75. The molecule has 0 aliphatic carbocycles. The van der Waals surface area contributed by atoms with E-state index in [1.807, 2.05) is 14.0 Å². The molecule has 0 fully saturated rings. The van der Waals surface area contributed by atoms with E-state index in [0.29, 0.717) is 12.0 Å². The molecule has 0 bridgehead atoms. The maximum absolute atomic E-state index is 11.7. The molecule has 1 aromatic carbocycles. The Morgan fingerprint density at radius 1 is 1.32 bits per heavy atom. The third-order valence-electron chi connectivity index (χ3n) is 2.75. The van der Waals surface area contributed by atoms with E-state index >= 15 is 0 Å². The van der Waals surface area contributed by atoms with E-state index in [9.17, 15) is 9.59 Å². The quantitative estimate of drug-likeness (QED) is 0.606. The van der Waals surface area contributed by atoms with Crippen molar-refractivity contribution < 1.29 is 14.3 Å². The molecular formula is C14H20N2O3. The molecule has 0 spiro atoms. The molecule has 104 valence electrons. The lowest BCUT2D eigenvalue weighted by atomic mass is 10.1. The Kier molecular flexibility index (Phi) is 6.02. The summed E-state index contributed by atoms with van der Waals surface area (Å²) in [6, 6.07) is 5.06. The normalized spacial score (nSPS) is 10.1. The van der Waals surface area contributed by atoms with Gasteiger partial charge in [0.05, 0.1) is 12.7 Å². The number of aryl methyl sites for hydroxylation is 1. The molecule has 0 aliphatic heterocycles. The van der Waals surface area contributed by atoms with Crippen molar-refractivity contribution in [3.8, 4) is 0 Å². The van der Waals surface area contributed by atoms with Gasteiger partial charge in [-0.2, -0.15) is 0 Å². The predicted octanol–water partition coefficient (Wildman–Crippen LogP) is 1.72. The van der Waals surface area contributed by atoms with Crippen LogP contribution in [0.15, 0.2) is 18.2 Å². The predicted molar refractivity (Wildman–Crippen MR) is 74.3 cm³/mol. The highest BCUT2D eigenvalue weighted by atomic mass is 16.5. The van der Waals surface area contributed by atoms with Crippen molar-refractivity contribution in [1.82, 2.24) is 5.32 Å². The summed E-state index contributed by atoms with van der Waals surface area (Å²) in [5.74, 6) is -0.404. The zero-order valence-corrected chi connectivity index (χ0v) is 11.6. The molecule has 0 atom stereocenters. The summed E-state index contributed by atoms with van der Waals surface area (Å²) in [6.45, 7) is 2.66. The minimum absolute atomic E-state index is 0.0239. The van der Waals surface area contributed by atoms with Crippen LogP contribution in [0.5, 0.6) is 0 Å². The topological polar surface area (TPSA) is 67.4 Å². The van der Waals surface area contributed by atoms with Crippen molar-refractivity contribution in [2.75, 3.05) is 26.0 Å². The van der Waals surface area contributed by atoms with Gasteiger partial charge in [0.25, 0.3) is 0 Å². The number of nitrogens with one attached hydrogen (secondary N) is 2. The Bertz CT molecular complexity index is 458. The summed E-state index contributed by atoms with van der Waals surface area (Å²) in [6.07, 6.45) is 1.26. The first-order chi connectivity index (χ1) is 9.08. The number of amides is 1. The fraction of sp³-hybridized carbons (Fsp3) is 0.429. The van der Waals surface area contributed by atoms with Crippen LogP contribution in [0.2, 0.25) is 0 Å². The Morgan fingerprint density at radius 2 is 2.05 bits per heavy atom. The van der Waals surface area contributed by atoms with Crippen LogP contribution in [0.4, 0.5) is 5.69 Å². The van der Waals surface area contributed by atoms with Gasteiger partial charge in [-0.15, -0.1) is 0 Å². The number of hydrogen-bond acceptors (Lipinski definition) is 4. The van der Waals surface area contributed by atoms with Crippen LogP contribution >= 0.6 is 0 Å². The minimum atomic E-state index is -0.380. The smallest absolute Gasteiger partial charge is 0.337 e. The second kappa shape index (κ2) is 7.53. The maximum Gasteiger partial charge on any atom is 0.337 e. The molecule has 5 heteroatoms. The van der Waals surface area contributed by atoms with Gasteiger partial charge >= 0.3 is 5.97 Å². The van der Waals surface area contributed by atoms with E-state index < -0.39 is 0 Å². The molecule has 0 saturated carbocycles. The zero-order chi connectivity index (χ0) is 14.3. The van der Waals surface area contributed by atoms with Crippen LogP contribution in [0.3, 0.4) is 0 Å². The van der Waals surface area contributed by atoms with E-state index in [-0.39, 0.29) is 11.9 Å². The zero-order valence-electron chi connectivity index (χ0n) is 11.6. The summed E-state index contributed by atoms with van der Waals surface area (Å²) in [7, 11) is 3.20. The largest absolute Gasteiger partial charge is 0.465 e. The molecule has 1 rings (SSSR count). The molecular weight excluding hydrogens is 244 g/mol. The molecule has 0 radical (unpaired) electrons. The average Bonchev–Trinajstić information content (AvgIpc) is 2.40. The van der Waals surface area contributed by atoms with Gasteiger partial charge in [0.2, 0.25) is 5.91 Å². The van der Waals surface area contributed by atoms with Crippen molar-refractivity contribution >= 4 is 17.6 Å². The first-order valence-electron chi connectivity index (χ1n) is 6.22. The molecule has 0 aliphatic rings. The fourth-order valence-corrected chi connectivity index (χ4v) is 1.69. The number of esters is 1. The minimum Gasteiger partial charge on any atom is -0.465 e. The van der Waals surface area contributed by atoms with E-state index in [1.54, 1.807) is 18.2 Å². The Labute approximate surface area is 113 Å². The second-order valence-electron chi connectivity index (χ2n) is 4.28. The van der Waals surface area contributed by atoms with Crippen LogP contribution in [-0.2, 0) is 9.53 Å². The second-order valence-corrected chi connectivity index (χ2v) is 4.28. The molecule has 1 amide bonds. The summed E-state index contributed by atoms with van der Waals surface area (Å²) >= 11 is 0. The monoisotopic (exact) mass is 264 g/mol. The van der Waals surface area contributed by atoms with Gasteiger partial charge in [0, 0.05) is 12.1 Å². The number of ether oxygens (including phenoxy) is 1. The molecule has 5 nitrogen and oxygen atoms in total. The highest BCUT2D eigenvalue weighted by molar-refractivity contribution is 5.94. The first-order valence-corrected chi connectivity index (χ1v) is 6.22. The summed E-state index contributed by atoms with van der Waals surface area (Å²) in [4.78, 5) is 23.0. The molecule has 0 heterocycles. The van der Waals surface area contributed by atoms with Crippen LogP contribution in [0.25, 0.3) is 0 Å². The number of carbonyl (C=O) groups is 2. The van der Waals surface area contributed by atoms with Gasteiger partial charge in [-0.05, 0) is 50.7 Å². The van der Waals surface area contributed by atoms with E-state index in [1.165, 1.54) is 7.11 Å². The molecule has 0 unspecified atom stereocenters. The van der Waals surface area contributed by atoms with Gasteiger partial charge in [0.1, 0.15) is 0 Å². The number of hydrogen-bond donors (Lipinski definition) is 2. The van der Waals surface area contributed by atoms with Crippen LogP contribution < -0.4 is 10.6 Å². The molecule has 19 heavy (non-hydrogen) atoms. The van der Waals surface area contributed by atoms with E-state index in [2.05, 4.69) is 15.4 Å². The van der Waals surface area contributed by atoms with Crippen molar-refractivity contribution in [2.24, 2.45) is 0 Å². The third kappa shape index (κ3) is 4.71. The summed E-state index contributed by atoms with van der Waals surface area (Å²) in [5, 5.41) is 5.83. The maximum atomic E-state index is 11.7. The van der Waals surface area contributed by atoms with Gasteiger partial charge in [-0.3, -0.25) is 4.79 Å². The lowest BCUT2D eigenvalue weighted by Gasteiger charge is -2.09. The number of benzene rings is 1. The van der Waals surface area contributed by atoms with Gasteiger partial charge in [-0.1, -0.05) is 0 Å². The SMILES string of the molecule is CNCCCC(=O)Nc1ccc(C(=O)OC)cc1C. The Balaban J connectivity index is 2.64. The van der Waals surface area contributed by atoms with Crippen molar-refractivity contribution in [3.63, 3.8) is 0 Å². The fourth-order valence-electron chi connectivity index (χ4n) is 1.69. The van der Waals surface area contributed by atoms with Crippen LogP contribution in [-0.4, -0.2) is 32.6 Å². The van der Waals surface area contributed by atoms with Crippen molar-refractivity contribution in [1.29, 1.82) is 0 Å². The molecule has 0 aromatic heterocycles. The first kappa shape index (κ1) is 15.2. The Morgan fingerprint density at radius 3 is 2.63 bits per heavy atom. The lowest BCUT2D eigenvalue weighted by Crippen LogP contribution is -2.16. The highest BCUT2D eigenvalue weighted by Gasteiger charge is 2.09. The van der Waals surface area contributed by atoms with Crippen molar-refractivity contribution in [3.05, 3.63) is 29.3 Å². The number of methoxy groups -OCH3 is 1. The van der Waals surface area contributed by atoms with Crippen molar-refractivity contribution in [2.45, 2.75) is 19.8 Å². The van der Waals surface area contributed by atoms with Gasteiger partial charge in [0.15, 0.2) is 0 Å². The molecule has 2 N–H and O–H groups in total. The summed E-state index contributed by atoms with van der Waals surface area (Å²) in [5.41, 5.74) is 2.04. The molecule has 0 saturated heterocycles. The standard InChI is InChI=1S/C14H20N2O3/c1-10-9-11(14(18)19-3)6-7-12(10)16-13(17)5-4-8-15-2/h6-7,9,15H,4-5,8H2,1-3H3,(H,16,17). The van der Waals surface area contributed by atoms with Crippen LogP contribution in [0, 0.1) is 6.92 Å². The average molecular weight is 264 g/mol. The number of rotatable bonds is 6. The highest BCUT2D eigenvalue weighted by Crippen LogP contribution is 2.17. The number of anilines is 1. The van der Waals surface area contributed by atoms with Gasteiger partial charge < -0.3 is 15.4 Å². The lowest BCUT2D eigenvalue weighted by molar-refractivity contribution is -0.116. The summed E-state index contributed by atoms with van der Waals surface area (Å²) < 4.78 is 4.64.